The molecule has 0 aromatic heterocycles. The number of unbranched alkanes of at least 4 members (excludes halogenated alkanes) is 1. The minimum Gasteiger partial charge on any atom is -0.481 e. The van der Waals surface area contributed by atoms with Crippen molar-refractivity contribution in [1.29, 1.82) is 0 Å². The quantitative estimate of drug-likeness (QED) is 0.243. The summed E-state index contributed by atoms with van der Waals surface area (Å²) in [4.78, 5) is 46.1. The Labute approximate surface area is 166 Å². The maximum Gasteiger partial charge on any atom is 0.309 e. The molecule has 1 rings (SSSR count). The van der Waals surface area contributed by atoms with E-state index in [-0.39, 0.29) is 25.2 Å². The van der Waals surface area contributed by atoms with Crippen molar-refractivity contribution >= 4 is 45.2 Å². The molecule has 8 nitrogen and oxygen atoms in total. The van der Waals surface area contributed by atoms with Gasteiger partial charge in [-0.15, -0.1) is 0 Å². The third-order valence-electron chi connectivity index (χ3n) is 4.30. The highest BCUT2D eigenvalue weighted by Crippen LogP contribution is 2.39. The molecule has 1 fully saturated rings. The third-order valence-corrected chi connectivity index (χ3v) is 7.30. The van der Waals surface area contributed by atoms with Gasteiger partial charge in [0.2, 0.25) is 5.91 Å². The highest BCUT2D eigenvalue weighted by Gasteiger charge is 2.27. The molecule has 1 amide bonds. The fraction of sp³-hybridized carbons (Fsp3) is 0.765. The van der Waals surface area contributed by atoms with Crippen LogP contribution in [0.3, 0.4) is 0 Å². The summed E-state index contributed by atoms with van der Waals surface area (Å²) in [5.41, 5.74) is 0. The van der Waals surface area contributed by atoms with Crippen molar-refractivity contribution in [1.82, 2.24) is 5.32 Å². The number of aliphatic carboxylic acids is 2. The highest BCUT2D eigenvalue weighted by atomic mass is 33.1. The lowest BCUT2D eigenvalue weighted by molar-refractivity contribution is -0.145. The first-order chi connectivity index (χ1) is 12.8. The van der Waals surface area contributed by atoms with Crippen molar-refractivity contribution in [2.75, 3.05) is 12.4 Å². The SMILES string of the molecule is O=C(O)CCC(NC(=O)CCCCC1CCSS1)C(=O)CC(CO)C(=O)O. The number of amides is 1. The van der Waals surface area contributed by atoms with Gasteiger partial charge in [0.25, 0.3) is 0 Å². The number of carbonyl (C=O) groups is 4. The van der Waals surface area contributed by atoms with Crippen LogP contribution in [0, 0.1) is 5.92 Å². The smallest absolute Gasteiger partial charge is 0.309 e. The number of ketones is 1. The maximum absolute atomic E-state index is 12.3. The number of carboxylic acids is 2. The Morgan fingerprint density at radius 2 is 1.85 bits per heavy atom. The lowest BCUT2D eigenvalue weighted by Crippen LogP contribution is -2.42. The van der Waals surface area contributed by atoms with Crippen LogP contribution in [0.25, 0.3) is 0 Å². The number of hydrogen-bond donors (Lipinski definition) is 4. The fourth-order valence-electron chi connectivity index (χ4n) is 2.69. The van der Waals surface area contributed by atoms with Crippen LogP contribution < -0.4 is 5.32 Å². The van der Waals surface area contributed by atoms with Gasteiger partial charge in [-0.3, -0.25) is 19.2 Å². The van der Waals surface area contributed by atoms with Crippen LogP contribution >= 0.6 is 21.6 Å². The van der Waals surface area contributed by atoms with Gasteiger partial charge in [0.15, 0.2) is 5.78 Å². The first-order valence-electron chi connectivity index (χ1n) is 8.99. The van der Waals surface area contributed by atoms with Gasteiger partial charge in [-0.25, -0.2) is 0 Å². The normalized spacial score (nSPS) is 18.6. The lowest BCUT2D eigenvalue weighted by Gasteiger charge is -2.19. The lowest BCUT2D eigenvalue weighted by atomic mass is 9.96. The number of rotatable bonds is 14. The van der Waals surface area contributed by atoms with E-state index >= 15 is 0 Å². The van der Waals surface area contributed by atoms with E-state index in [1.807, 2.05) is 21.6 Å². The first-order valence-corrected chi connectivity index (χ1v) is 11.4. The molecular weight excluding hydrogens is 394 g/mol. The number of hydrogen-bond acceptors (Lipinski definition) is 7. The Kier molecular flexibility index (Phi) is 11.5. The molecule has 0 saturated carbocycles. The fourth-order valence-corrected chi connectivity index (χ4v) is 5.71. The van der Waals surface area contributed by atoms with Crippen LogP contribution in [0.5, 0.6) is 0 Å². The van der Waals surface area contributed by atoms with Crippen LogP contribution in [0.15, 0.2) is 0 Å². The Hall–Kier alpha value is -1.26. The molecule has 4 N–H and O–H groups in total. The summed E-state index contributed by atoms with van der Waals surface area (Å²) < 4.78 is 0. The van der Waals surface area contributed by atoms with E-state index in [2.05, 4.69) is 5.32 Å². The zero-order valence-electron chi connectivity index (χ0n) is 15.1. The average molecular weight is 422 g/mol. The van der Waals surface area contributed by atoms with Crippen molar-refractivity contribution < 1.29 is 34.5 Å². The molecule has 0 aromatic carbocycles. The summed E-state index contributed by atoms with van der Waals surface area (Å²) in [5.74, 6) is -3.44. The standard InChI is InChI=1S/C17H27NO7S2/c19-10-11(17(24)25)9-14(20)13(5-6-16(22)23)18-15(21)4-2-1-3-12-7-8-26-27-12/h11-13,19H,1-10H2,(H,18,21)(H,22,23)(H,24,25). The minimum atomic E-state index is -1.31. The maximum atomic E-state index is 12.3. The summed E-state index contributed by atoms with van der Waals surface area (Å²) in [6.45, 7) is -0.696. The van der Waals surface area contributed by atoms with Crippen LogP contribution in [-0.4, -0.2) is 62.6 Å². The van der Waals surface area contributed by atoms with Gasteiger partial charge in [0, 0.05) is 30.3 Å². The molecule has 0 bridgehead atoms. The van der Waals surface area contributed by atoms with Gasteiger partial charge < -0.3 is 20.6 Å². The number of Topliss-reactive ketones (excluding diaryl/α,β-unsaturated/α-hetero) is 1. The van der Waals surface area contributed by atoms with Crippen molar-refractivity contribution in [3.8, 4) is 0 Å². The van der Waals surface area contributed by atoms with E-state index in [4.69, 9.17) is 15.3 Å². The van der Waals surface area contributed by atoms with Crippen LogP contribution in [0.1, 0.15) is 51.4 Å². The van der Waals surface area contributed by atoms with E-state index in [0.29, 0.717) is 11.7 Å². The predicted octanol–water partition coefficient (Wildman–Crippen LogP) is 1.70. The predicted molar refractivity (Wildman–Crippen MR) is 104 cm³/mol. The van der Waals surface area contributed by atoms with Crippen LogP contribution in [0.2, 0.25) is 0 Å². The molecule has 0 radical (unpaired) electrons. The molecule has 1 heterocycles. The Morgan fingerprint density at radius 1 is 1.11 bits per heavy atom. The number of aliphatic hydroxyl groups excluding tert-OH is 1. The number of nitrogens with one attached hydrogen (secondary N) is 1. The van der Waals surface area contributed by atoms with Crippen molar-refractivity contribution in [3.05, 3.63) is 0 Å². The molecule has 0 spiro atoms. The summed E-state index contributed by atoms with van der Waals surface area (Å²) in [6, 6.07) is -1.05. The Morgan fingerprint density at radius 3 is 2.41 bits per heavy atom. The van der Waals surface area contributed by atoms with E-state index in [9.17, 15) is 19.2 Å². The molecular formula is C17H27NO7S2. The molecule has 1 saturated heterocycles. The molecule has 3 atom stereocenters. The molecule has 154 valence electrons. The van der Waals surface area contributed by atoms with Gasteiger partial charge in [0.05, 0.1) is 18.6 Å². The Bertz CT molecular complexity index is 523. The summed E-state index contributed by atoms with van der Waals surface area (Å²) in [5, 5.41) is 30.0. The third kappa shape index (κ3) is 10.0. The van der Waals surface area contributed by atoms with E-state index in [0.717, 1.165) is 18.6 Å². The van der Waals surface area contributed by atoms with Gasteiger partial charge in [-0.2, -0.15) is 0 Å². The summed E-state index contributed by atoms with van der Waals surface area (Å²) >= 11 is 0. The zero-order valence-corrected chi connectivity index (χ0v) is 16.7. The van der Waals surface area contributed by atoms with Gasteiger partial charge >= 0.3 is 11.9 Å². The van der Waals surface area contributed by atoms with Crippen molar-refractivity contribution in [3.63, 3.8) is 0 Å². The zero-order chi connectivity index (χ0) is 20.2. The molecule has 1 aliphatic heterocycles. The summed E-state index contributed by atoms with van der Waals surface area (Å²) in [7, 11) is 3.75. The van der Waals surface area contributed by atoms with Gasteiger partial charge in [-0.05, 0) is 25.7 Å². The average Bonchev–Trinajstić information content (AvgIpc) is 3.12. The van der Waals surface area contributed by atoms with Gasteiger partial charge in [-0.1, -0.05) is 28.0 Å². The minimum absolute atomic E-state index is 0.104. The first kappa shape index (κ1) is 23.8. The topological polar surface area (TPSA) is 141 Å². The van der Waals surface area contributed by atoms with E-state index < -0.39 is 42.7 Å². The monoisotopic (exact) mass is 421 g/mol. The molecule has 1 aliphatic rings. The van der Waals surface area contributed by atoms with Crippen molar-refractivity contribution in [2.45, 2.75) is 62.7 Å². The number of aliphatic hydroxyl groups is 1. The largest absolute Gasteiger partial charge is 0.481 e. The number of carbonyl (C=O) groups excluding carboxylic acids is 2. The van der Waals surface area contributed by atoms with Crippen LogP contribution in [-0.2, 0) is 19.2 Å². The molecule has 0 aliphatic carbocycles. The molecule has 3 unspecified atom stereocenters. The van der Waals surface area contributed by atoms with E-state index in [1.165, 1.54) is 6.42 Å². The van der Waals surface area contributed by atoms with Crippen molar-refractivity contribution in [2.24, 2.45) is 5.92 Å². The second kappa shape index (κ2) is 13.0. The number of carboxylic acid groups (broad SMARTS) is 2. The van der Waals surface area contributed by atoms with Gasteiger partial charge in [0.1, 0.15) is 0 Å². The Balaban J connectivity index is 2.46. The molecule has 0 aromatic rings. The molecule has 10 heteroatoms. The second-order valence-corrected chi connectivity index (χ2v) is 9.30. The van der Waals surface area contributed by atoms with E-state index in [1.54, 1.807) is 0 Å². The van der Waals surface area contributed by atoms with Crippen LogP contribution in [0.4, 0.5) is 0 Å². The highest BCUT2D eigenvalue weighted by molar-refractivity contribution is 8.77. The second-order valence-electron chi connectivity index (χ2n) is 6.52. The molecule has 27 heavy (non-hydrogen) atoms. The summed E-state index contributed by atoms with van der Waals surface area (Å²) in [6.07, 6.45) is 3.19.